The van der Waals surface area contributed by atoms with Crippen LogP contribution in [-0.4, -0.2) is 20.0 Å². The van der Waals surface area contributed by atoms with Crippen LogP contribution in [0.1, 0.15) is 20.3 Å². The van der Waals surface area contributed by atoms with Gasteiger partial charge in [0.2, 0.25) is 0 Å². The van der Waals surface area contributed by atoms with Crippen LogP contribution in [0.5, 0.6) is 0 Å². The lowest BCUT2D eigenvalue weighted by Gasteiger charge is -2.02. The highest BCUT2D eigenvalue weighted by atomic mass is 16.5. The zero-order valence-electron chi connectivity index (χ0n) is 8.67. The normalized spacial score (nSPS) is 9.92. The molecule has 0 aliphatic carbocycles. The van der Waals surface area contributed by atoms with Crippen molar-refractivity contribution in [2.45, 2.75) is 20.3 Å². The van der Waals surface area contributed by atoms with Gasteiger partial charge in [0.25, 0.3) is 0 Å². The maximum atomic E-state index is 10.2. The Morgan fingerprint density at radius 2 is 2.08 bits per heavy atom. The van der Waals surface area contributed by atoms with Crippen molar-refractivity contribution >= 4 is 6.29 Å². The van der Waals surface area contributed by atoms with Crippen molar-refractivity contribution in [1.82, 2.24) is 0 Å². The predicted octanol–water partition coefficient (Wildman–Crippen LogP) is 1.65. The molecule has 0 saturated heterocycles. The number of carbonyl (C=O) groups is 1. The summed E-state index contributed by atoms with van der Waals surface area (Å²) in [5.41, 5.74) is 6.41. The van der Waals surface area contributed by atoms with E-state index in [1.165, 1.54) is 6.20 Å². The molecule has 76 valence electrons. The highest BCUT2D eigenvalue weighted by molar-refractivity contribution is 5.78. The first kappa shape index (κ1) is 14.4. The van der Waals surface area contributed by atoms with Crippen LogP contribution in [-0.2, 0) is 9.53 Å². The molecule has 0 atom stereocenters. The number of ether oxygens (including phenoxy) is 1. The van der Waals surface area contributed by atoms with Gasteiger partial charge in [-0.15, -0.1) is 0 Å². The first-order valence-corrected chi connectivity index (χ1v) is 4.30. The Kier molecular flexibility index (Phi) is 12.1. The zero-order valence-corrected chi connectivity index (χ0v) is 8.67. The molecule has 0 aliphatic rings. The Balaban J connectivity index is 0. The number of methoxy groups -OCH3 is 1. The van der Waals surface area contributed by atoms with E-state index in [1.54, 1.807) is 7.11 Å². The van der Waals surface area contributed by atoms with Crippen molar-refractivity contribution in [2.24, 2.45) is 5.73 Å². The third kappa shape index (κ3) is 7.28. The molecule has 0 rings (SSSR count). The fourth-order valence-electron chi connectivity index (χ4n) is 0.639. The number of hydrogen-bond donors (Lipinski definition) is 1. The van der Waals surface area contributed by atoms with Crippen molar-refractivity contribution in [2.75, 3.05) is 13.7 Å². The number of aldehydes is 1. The summed E-state index contributed by atoms with van der Waals surface area (Å²) >= 11 is 0. The van der Waals surface area contributed by atoms with Gasteiger partial charge in [0.05, 0.1) is 6.61 Å². The van der Waals surface area contributed by atoms with E-state index in [0.717, 1.165) is 5.57 Å². The van der Waals surface area contributed by atoms with E-state index < -0.39 is 0 Å². The molecule has 13 heavy (non-hydrogen) atoms. The first-order chi connectivity index (χ1) is 6.26. The predicted molar refractivity (Wildman–Crippen MR) is 55.3 cm³/mol. The van der Waals surface area contributed by atoms with Crippen LogP contribution in [0, 0.1) is 0 Å². The van der Waals surface area contributed by atoms with E-state index in [0.29, 0.717) is 24.9 Å². The smallest absolute Gasteiger partial charge is 0.149 e. The van der Waals surface area contributed by atoms with Gasteiger partial charge in [0, 0.05) is 12.7 Å². The maximum Gasteiger partial charge on any atom is 0.149 e. The molecule has 2 N–H and O–H groups in total. The van der Waals surface area contributed by atoms with Gasteiger partial charge in [0.1, 0.15) is 6.29 Å². The molecule has 0 unspecified atom stereocenters. The number of nitrogens with two attached hydrogens (primary N) is 1. The standard InChI is InChI=1S/C8H13NO2.C2H6/c1-7(6-10)8(5-9)3-4-11-2;1-2/h5-6H,1,3-4,9H2,2H3;1-2H3/b8-5-;. The molecule has 0 saturated carbocycles. The Morgan fingerprint density at radius 1 is 1.54 bits per heavy atom. The van der Waals surface area contributed by atoms with E-state index in [-0.39, 0.29) is 0 Å². The quantitative estimate of drug-likeness (QED) is 0.402. The summed E-state index contributed by atoms with van der Waals surface area (Å²) in [5.74, 6) is 0. The zero-order chi connectivity index (χ0) is 10.7. The molecule has 0 spiro atoms. The molecule has 0 aromatic carbocycles. The van der Waals surface area contributed by atoms with Crippen LogP contribution in [0.15, 0.2) is 23.9 Å². The number of hydrogen-bond acceptors (Lipinski definition) is 3. The van der Waals surface area contributed by atoms with Crippen molar-refractivity contribution in [3.63, 3.8) is 0 Å². The van der Waals surface area contributed by atoms with Gasteiger partial charge in [-0.25, -0.2) is 0 Å². The van der Waals surface area contributed by atoms with Crippen LogP contribution in [0.4, 0.5) is 0 Å². The number of carbonyl (C=O) groups excluding carboxylic acids is 1. The molecule has 0 heterocycles. The molecule has 0 aromatic heterocycles. The maximum absolute atomic E-state index is 10.2. The lowest BCUT2D eigenvalue weighted by atomic mass is 10.1. The average molecular weight is 185 g/mol. The fourth-order valence-corrected chi connectivity index (χ4v) is 0.639. The largest absolute Gasteiger partial charge is 0.404 e. The van der Waals surface area contributed by atoms with Gasteiger partial charge in [-0.2, -0.15) is 0 Å². The molecule has 3 nitrogen and oxygen atoms in total. The summed E-state index contributed by atoms with van der Waals surface area (Å²) < 4.78 is 4.82. The monoisotopic (exact) mass is 185 g/mol. The third-order valence-corrected chi connectivity index (χ3v) is 1.33. The van der Waals surface area contributed by atoms with Crippen LogP contribution >= 0.6 is 0 Å². The second kappa shape index (κ2) is 10.9. The molecular formula is C10H19NO2. The Bertz CT molecular complexity index is 174. The summed E-state index contributed by atoms with van der Waals surface area (Å²) in [5, 5.41) is 0. The van der Waals surface area contributed by atoms with Crippen LogP contribution < -0.4 is 5.73 Å². The Morgan fingerprint density at radius 3 is 2.38 bits per heavy atom. The lowest BCUT2D eigenvalue weighted by Crippen LogP contribution is -1.98. The third-order valence-electron chi connectivity index (χ3n) is 1.33. The van der Waals surface area contributed by atoms with E-state index in [2.05, 4.69) is 6.58 Å². The Labute approximate surface area is 80.3 Å². The van der Waals surface area contributed by atoms with E-state index in [9.17, 15) is 4.79 Å². The second-order valence-corrected chi connectivity index (χ2v) is 2.08. The minimum absolute atomic E-state index is 0.421. The van der Waals surface area contributed by atoms with E-state index in [4.69, 9.17) is 10.5 Å². The number of allylic oxidation sites excluding steroid dienone is 1. The van der Waals surface area contributed by atoms with Crippen LogP contribution in [0.3, 0.4) is 0 Å². The van der Waals surface area contributed by atoms with Gasteiger partial charge in [-0.3, -0.25) is 4.79 Å². The van der Waals surface area contributed by atoms with Crippen molar-refractivity contribution in [3.8, 4) is 0 Å². The van der Waals surface area contributed by atoms with Crippen molar-refractivity contribution < 1.29 is 9.53 Å². The lowest BCUT2D eigenvalue weighted by molar-refractivity contribution is -0.104. The first-order valence-electron chi connectivity index (χ1n) is 4.30. The van der Waals surface area contributed by atoms with E-state index >= 15 is 0 Å². The fraction of sp³-hybridized carbons (Fsp3) is 0.500. The second-order valence-electron chi connectivity index (χ2n) is 2.08. The van der Waals surface area contributed by atoms with Crippen molar-refractivity contribution in [3.05, 3.63) is 23.9 Å². The average Bonchev–Trinajstić information content (AvgIpc) is 2.21. The summed E-state index contributed by atoms with van der Waals surface area (Å²) in [6, 6.07) is 0. The summed E-state index contributed by atoms with van der Waals surface area (Å²) in [6.45, 7) is 8.08. The SMILES string of the molecule is C=C(C=O)/C(=C\N)CCOC.CC. The molecule has 0 radical (unpaired) electrons. The summed E-state index contributed by atoms with van der Waals surface area (Å²) in [7, 11) is 1.60. The van der Waals surface area contributed by atoms with Gasteiger partial charge < -0.3 is 10.5 Å². The Hall–Kier alpha value is -1.09. The van der Waals surface area contributed by atoms with Gasteiger partial charge in [-0.05, 0) is 18.2 Å². The van der Waals surface area contributed by atoms with Gasteiger partial charge in [0.15, 0.2) is 0 Å². The van der Waals surface area contributed by atoms with Gasteiger partial charge >= 0.3 is 0 Å². The topological polar surface area (TPSA) is 52.3 Å². The highest BCUT2D eigenvalue weighted by Gasteiger charge is 1.99. The highest BCUT2D eigenvalue weighted by Crippen LogP contribution is 2.07. The van der Waals surface area contributed by atoms with Crippen molar-refractivity contribution in [1.29, 1.82) is 0 Å². The molecule has 0 bridgehead atoms. The molecular weight excluding hydrogens is 166 g/mol. The minimum Gasteiger partial charge on any atom is -0.404 e. The van der Waals surface area contributed by atoms with Crippen LogP contribution in [0.25, 0.3) is 0 Å². The summed E-state index contributed by atoms with van der Waals surface area (Å²) in [4.78, 5) is 10.2. The van der Waals surface area contributed by atoms with Crippen LogP contribution in [0.2, 0.25) is 0 Å². The molecule has 0 aromatic rings. The molecule has 3 heteroatoms. The molecule has 0 amide bonds. The minimum atomic E-state index is 0.421. The number of rotatable bonds is 5. The molecule has 0 fully saturated rings. The summed E-state index contributed by atoms with van der Waals surface area (Å²) in [6.07, 6.45) is 2.70. The van der Waals surface area contributed by atoms with E-state index in [1.807, 2.05) is 13.8 Å². The molecule has 0 aliphatic heterocycles. The van der Waals surface area contributed by atoms with Gasteiger partial charge in [-0.1, -0.05) is 20.4 Å².